The fourth-order valence-electron chi connectivity index (χ4n) is 10.4. The molecule has 9 heteroatoms. The average Bonchev–Trinajstić information content (AvgIpc) is 3.33. The molecule has 0 aromatic carbocycles. The Balaban J connectivity index is 1.36. The van der Waals surface area contributed by atoms with Crippen molar-refractivity contribution in [3.8, 4) is 0 Å². The van der Waals surface area contributed by atoms with Crippen LogP contribution in [0.25, 0.3) is 0 Å². The Hall–Kier alpha value is -1.37. The van der Waals surface area contributed by atoms with Crippen molar-refractivity contribution in [1.29, 1.82) is 0 Å². The molecule has 10 atom stereocenters. The normalized spacial score (nSPS) is 35.3. The van der Waals surface area contributed by atoms with Gasteiger partial charge in [-0.3, -0.25) is 14.4 Å². The Morgan fingerprint density at radius 3 is 2.49 bits per heavy atom. The lowest BCUT2D eigenvalue weighted by atomic mass is 9.47. The summed E-state index contributed by atoms with van der Waals surface area (Å²) in [6, 6.07) is -0.696. The number of fused-ring (bicyclic) bond motifs is 5. The van der Waals surface area contributed by atoms with Gasteiger partial charge in [-0.05, 0) is 117 Å². The van der Waals surface area contributed by atoms with Crippen LogP contribution < -0.4 is 16.6 Å². The van der Waals surface area contributed by atoms with Gasteiger partial charge >= 0.3 is 5.97 Å². The van der Waals surface area contributed by atoms with E-state index in [-0.39, 0.29) is 17.5 Å². The quantitative estimate of drug-likeness (QED) is 0.0412. The predicted molar refractivity (Wildman–Crippen MR) is 185 cm³/mol. The van der Waals surface area contributed by atoms with Gasteiger partial charge in [0.15, 0.2) is 5.96 Å². The number of allylic oxidation sites excluding steroid dienone is 1. The summed E-state index contributed by atoms with van der Waals surface area (Å²) in [7, 11) is -1.90. The van der Waals surface area contributed by atoms with Crippen molar-refractivity contribution in [1.82, 2.24) is 5.09 Å². The van der Waals surface area contributed by atoms with Crippen LogP contribution in [0.1, 0.15) is 125 Å². The van der Waals surface area contributed by atoms with Crippen molar-refractivity contribution in [2.45, 2.75) is 137 Å². The van der Waals surface area contributed by atoms with Crippen LogP contribution >= 0.6 is 7.52 Å². The molecule has 0 radical (unpaired) electrons. The molecule has 0 saturated heterocycles. The molecule has 8 unspecified atom stereocenters. The Morgan fingerprint density at radius 1 is 1.04 bits per heavy atom. The minimum Gasteiger partial charge on any atom is -0.468 e. The molecule has 0 amide bonds. The van der Waals surface area contributed by atoms with Gasteiger partial charge in [0.25, 0.3) is 7.52 Å². The van der Waals surface area contributed by atoms with E-state index in [0.717, 1.165) is 61.2 Å². The van der Waals surface area contributed by atoms with Gasteiger partial charge < -0.3 is 20.7 Å². The SMILES string of the molecule is COC(=O)C(CCCCN=C(N)N)NP(C)(=O)OC1CC[C@@]2(C)C(=CCC3C4CCC(C(C)CCCC(C)C)[C@@]4(C)CCC32)C1. The molecule has 8 nitrogen and oxygen atoms in total. The number of ether oxygens (including phenoxy) is 1. The summed E-state index contributed by atoms with van der Waals surface area (Å²) in [5.74, 6) is 4.50. The monoisotopic (exact) mass is 648 g/mol. The van der Waals surface area contributed by atoms with Crippen molar-refractivity contribution in [2.24, 2.45) is 62.8 Å². The lowest BCUT2D eigenvalue weighted by molar-refractivity contribution is -0.142. The second-order valence-electron chi connectivity index (χ2n) is 16.1. The van der Waals surface area contributed by atoms with Gasteiger partial charge in [0.2, 0.25) is 0 Å². The van der Waals surface area contributed by atoms with Crippen molar-refractivity contribution in [2.75, 3.05) is 20.3 Å². The number of hydrogen-bond donors (Lipinski definition) is 3. The number of nitrogens with one attached hydrogen (secondary N) is 1. The first-order valence-corrected chi connectivity index (χ1v) is 20.1. The van der Waals surface area contributed by atoms with E-state index in [1.54, 1.807) is 6.66 Å². The fraction of sp³-hybridized carbons (Fsp3) is 0.889. The van der Waals surface area contributed by atoms with Gasteiger partial charge in [-0.25, -0.2) is 5.09 Å². The van der Waals surface area contributed by atoms with Crippen LogP contribution in [0.3, 0.4) is 0 Å². The van der Waals surface area contributed by atoms with Crippen LogP contribution in [-0.2, 0) is 18.6 Å². The van der Waals surface area contributed by atoms with Gasteiger partial charge in [-0.2, -0.15) is 0 Å². The van der Waals surface area contributed by atoms with Crippen LogP contribution in [0.4, 0.5) is 0 Å². The smallest absolute Gasteiger partial charge is 0.323 e. The zero-order valence-corrected chi connectivity index (χ0v) is 30.4. The molecule has 3 fully saturated rings. The van der Waals surface area contributed by atoms with E-state index in [1.807, 2.05) is 0 Å². The summed E-state index contributed by atoms with van der Waals surface area (Å²) in [4.78, 5) is 16.5. The molecule has 4 aliphatic rings. The van der Waals surface area contributed by atoms with Crippen molar-refractivity contribution < 1.29 is 18.6 Å². The average molecular weight is 649 g/mol. The summed E-state index contributed by atoms with van der Waals surface area (Å²) < 4.78 is 25.0. The van der Waals surface area contributed by atoms with E-state index in [2.05, 4.69) is 50.8 Å². The first kappa shape index (κ1) is 36.5. The number of unbranched alkanes of at least 4 members (excludes halogenated alkanes) is 1. The molecular formula is C36H65N4O4P. The molecule has 0 bridgehead atoms. The zero-order valence-electron chi connectivity index (χ0n) is 29.5. The summed E-state index contributed by atoms with van der Waals surface area (Å²) in [5, 5.41) is 3.03. The molecular weight excluding hydrogens is 583 g/mol. The third-order valence-electron chi connectivity index (χ3n) is 12.7. The number of rotatable bonds is 15. The van der Waals surface area contributed by atoms with Gasteiger partial charge in [0.1, 0.15) is 6.04 Å². The molecule has 3 saturated carbocycles. The lowest BCUT2D eigenvalue weighted by Crippen LogP contribution is -2.51. The summed E-state index contributed by atoms with van der Waals surface area (Å²) >= 11 is 0. The Morgan fingerprint density at radius 2 is 1.80 bits per heavy atom. The third-order valence-corrected chi connectivity index (χ3v) is 14.2. The molecule has 0 aromatic rings. The molecule has 0 spiro atoms. The van der Waals surface area contributed by atoms with E-state index in [0.29, 0.717) is 24.8 Å². The number of methoxy groups -OCH3 is 1. The first-order valence-electron chi connectivity index (χ1n) is 18.1. The Labute approximate surface area is 274 Å². The predicted octanol–water partition coefficient (Wildman–Crippen LogP) is 7.81. The number of aliphatic imine (C=N–C) groups is 1. The number of carbonyl (C=O) groups is 1. The largest absolute Gasteiger partial charge is 0.468 e. The number of hydrogen-bond acceptors (Lipinski definition) is 5. The number of guanidine groups is 1. The minimum atomic E-state index is -3.25. The highest BCUT2D eigenvalue weighted by Gasteiger charge is 2.59. The maximum Gasteiger partial charge on any atom is 0.323 e. The van der Waals surface area contributed by atoms with E-state index in [9.17, 15) is 9.36 Å². The van der Waals surface area contributed by atoms with Crippen LogP contribution in [0, 0.1) is 46.3 Å². The van der Waals surface area contributed by atoms with Crippen molar-refractivity contribution >= 4 is 19.4 Å². The third kappa shape index (κ3) is 8.57. The van der Waals surface area contributed by atoms with Crippen LogP contribution in [0.5, 0.6) is 0 Å². The van der Waals surface area contributed by atoms with Gasteiger partial charge in [0, 0.05) is 13.2 Å². The standard InChI is InChI=1S/C36H65N4O4P/c1-24(2)11-10-12-25(3)29-16-17-30-28-15-14-26-23-27(18-20-35(26,4)31(28)19-21-36(29,30)5)44-45(7,42)40-32(33(41)43-6)13-8-9-22-39-34(37)38/h14,24-25,27-32H,8-13,15-23H2,1-7H3,(H,40,42)(H4,37,38,39)/t25?,27?,28?,29?,30?,31?,32?,35-,36+,45?/m0/s1. The maximum absolute atomic E-state index is 13.7. The first-order chi connectivity index (χ1) is 21.2. The van der Waals surface area contributed by atoms with Gasteiger partial charge in [-0.15, -0.1) is 0 Å². The molecule has 4 aliphatic carbocycles. The highest BCUT2D eigenvalue weighted by atomic mass is 31.2. The summed E-state index contributed by atoms with van der Waals surface area (Å²) in [6.07, 6.45) is 18.0. The van der Waals surface area contributed by atoms with E-state index >= 15 is 0 Å². The Bertz CT molecular complexity index is 1120. The minimum absolute atomic E-state index is 0.0583. The second kappa shape index (κ2) is 15.2. The summed E-state index contributed by atoms with van der Waals surface area (Å²) in [6.45, 7) is 14.5. The van der Waals surface area contributed by atoms with Crippen LogP contribution in [-0.4, -0.2) is 44.4 Å². The molecule has 45 heavy (non-hydrogen) atoms. The maximum atomic E-state index is 13.7. The highest BCUT2D eigenvalue weighted by Crippen LogP contribution is 2.67. The van der Waals surface area contributed by atoms with E-state index in [1.165, 1.54) is 64.0 Å². The van der Waals surface area contributed by atoms with E-state index in [4.69, 9.17) is 20.7 Å². The second-order valence-corrected chi connectivity index (χ2v) is 18.3. The molecule has 258 valence electrons. The van der Waals surface area contributed by atoms with Crippen molar-refractivity contribution in [3.05, 3.63) is 11.6 Å². The molecule has 4 rings (SSSR count). The topological polar surface area (TPSA) is 129 Å². The zero-order chi connectivity index (χ0) is 33.0. The fourth-order valence-corrected chi connectivity index (χ4v) is 12.0. The van der Waals surface area contributed by atoms with Crippen LogP contribution in [0.15, 0.2) is 16.6 Å². The van der Waals surface area contributed by atoms with E-state index < -0.39 is 19.5 Å². The molecule has 0 aromatic heterocycles. The molecule has 5 N–H and O–H groups in total. The molecule has 0 aliphatic heterocycles. The number of carbonyl (C=O) groups excluding carboxylic acids is 1. The highest BCUT2D eigenvalue weighted by molar-refractivity contribution is 7.56. The lowest BCUT2D eigenvalue weighted by Gasteiger charge is -2.58. The van der Waals surface area contributed by atoms with Crippen LogP contribution in [0.2, 0.25) is 0 Å². The Kier molecular flexibility index (Phi) is 12.3. The number of esters is 1. The van der Waals surface area contributed by atoms with Gasteiger partial charge in [0.05, 0.1) is 13.2 Å². The molecule has 0 heterocycles. The summed E-state index contributed by atoms with van der Waals surface area (Å²) in [5.41, 5.74) is 13.0. The number of nitrogens with two attached hydrogens (primary N) is 2. The van der Waals surface area contributed by atoms with Crippen molar-refractivity contribution in [3.63, 3.8) is 0 Å². The van der Waals surface area contributed by atoms with Gasteiger partial charge in [-0.1, -0.05) is 65.5 Å². The number of nitrogens with zero attached hydrogens (tertiary/aromatic N) is 1.